The molecule has 1 N–H and O–H groups in total. The third kappa shape index (κ3) is 5.81. The molecule has 2 fully saturated rings. The van der Waals surface area contributed by atoms with Crippen LogP contribution in [0.1, 0.15) is 87.7 Å². The SMILES string of the molecule is CC1(C)Oc2ccc(C#N)cc2[C@@H](N2CCCC2=O)[C@@H]1OP(=O)([O-])P(=O)(O)O[C@H]1[C@H](N2CCCC2=O)c2cc(C#N)ccc2OC1(C)C. The van der Waals surface area contributed by atoms with Gasteiger partial charge in [-0.2, -0.15) is 10.5 Å². The molecule has 2 amide bonds. The van der Waals surface area contributed by atoms with Crippen LogP contribution in [-0.2, 0) is 27.8 Å². The molecule has 4 aliphatic heterocycles. The number of carbonyl (C=O) groups excluding carboxylic acids is 2. The highest BCUT2D eigenvalue weighted by Gasteiger charge is 2.57. The molecule has 0 saturated carbocycles. The molecular formula is C32H35N4O10P2-. The Morgan fingerprint density at radius 2 is 1.23 bits per heavy atom. The van der Waals surface area contributed by atoms with Crippen molar-refractivity contribution in [2.24, 2.45) is 0 Å². The monoisotopic (exact) mass is 697 g/mol. The summed E-state index contributed by atoms with van der Waals surface area (Å²) >= 11 is 0. The Balaban J connectivity index is 1.39. The molecular weight excluding hydrogens is 662 g/mol. The summed E-state index contributed by atoms with van der Waals surface area (Å²) in [6, 6.07) is 11.0. The number of hydrogen-bond donors (Lipinski definition) is 1. The number of fused-ring (bicyclic) bond motifs is 2. The standard InChI is InChI=1S/C32H36N4O10P2/c1-31(2)29(27(35-13-5-7-25(35)37)21-15-19(17-33)9-11-23(21)43-31)45-47(39,40)48(41,42)46-30-28(36-14-6-8-26(36)38)22-16-20(18-34)10-12-24(22)44-32(30,3)4/h9-12,15-16,27-30H,5-8,13-14H2,1-4H3,(H,39,40)(H,41,42)/p-1/t27-,28-,29+,30+/m1/s1. The number of carbonyl (C=O) groups is 2. The molecule has 2 aromatic carbocycles. The van der Waals surface area contributed by atoms with E-state index in [4.69, 9.17) is 18.5 Å². The van der Waals surface area contributed by atoms with E-state index in [1.165, 1.54) is 47.9 Å². The normalized spacial score (nSPS) is 28.2. The van der Waals surface area contributed by atoms with Crippen LogP contribution in [0.15, 0.2) is 36.4 Å². The van der Waals surface area contributed by atoms with E-state index < -0.39 is 50.1 Å². The van der Waals surface area contributed by atoms with Crippen molar-refractivity contribution in [3.8, 4) is 23.6 Å². The molecule has 254 valence electrons. The molecule has 0 bridgehead atoms. The maximum absolute atomic E-state index is 14.0. The van der Waals surface area contributed by atoms with Gasteiger partial charge in [0.15, 0.2) is 0 Å². The van der Waals surface area contributed by atoms with Crippen LogP contribution in [0.2, 0.25) is 0 Å². The highest BCUT2D eigenvalue weighted by Crippen LogP contribution is 2.78. The van der Waals surface area contributed by atoms with Gasteiger partial charge in [0.05, 0.1) is 35.3 Å². The number of amides is 2. The Morgan fingerprint density at radius 1 is 0.812 bits per heavy atom. The molecule has 2 unspecified atom stereocenters. The molecule has 0 spiro atoms. The molecule has 4 aliphatic rings. The molecule has 6 rings (SSSR count). The third-order valence-corrected chi connectivity index (χ3v) is 13.3. The molecule has 2 aromatic rings. The lowest BCUT2D eigenvalue weighted by Crippen LogP contribution is -2.55. The van der Waals surface area contributed by atoms with Crippen LogP contribution in [0.4, 0.5) is 0 Å². The highest BCUT2D eigenvalue weighted by atomic mass is 32.1. The van der Waals surface area contributed by atoms with Crippen molar-refractivity contribution in [3.63, 3.8) is 0 Å². The van der Waals surface area contributed by atoms with Crippen molar-refractivity contribution in [2.75, 3.05) is 13.1 Å². The average Bonchev–Trinajstić information content (AvgIpc) is 3.64. The Kier molecular flexibility index (Phi) is 8.53. The van der Waals surface area contributed by atoms with Crippen LogP contribution in [0.25, 0.3) is 0 Å². The fourth-order valence-electron chi connectivity index (χ4n) is 7.02. The van der Waals surface area contributed by atoms with Crippen molar-refractivity contribution in [1.82, 2.24) is 9.80 Å². The summed E-state index contributed by atoms with van der Waals surface area (Å²) in [6.07, 6.45) is -1.63. The molecule has 14 nitrogen and oxygen atoms in total. The molecule has 6 atom stereocenters. The van der Waals surface area contributed by atoms with E-state index >= 15 is 0 Å². The third-order valence-electron chi connectivity index (χ3n) is 9.30. The maximum Gasteiger partial charge on any atom is 0.396 e. The minimum atomic E-state index is -5.92. The minimum Gasteiger partial charge on any atom is -0.770 e. The molecule has 0 aromatic heterocycles. The predicted octanol–water partition coefficient (Wildman–Crippen LogP) is 4.22. The van der Waals surface area contributed by atoms with Crippen LogP contribution in [-0.4, -0.2) is 63.0 Å². The van der Waals surface area contributed by atoms with Crippen molar-refractivity contribution in [1.29, 1.82) is 10.5 Å². The van der Waals surface area contributed by atoms with Gasteiger partial charge in [-0.1, -0.05) is 0 Å². The van der Waals surface area contributed by atoms with E-state index in [0.717, 1.165) is 0 Å². The Morgan fingerprint density at radius 3 is 1.60 bits per heavy atom. The topological polar surface area (TPSA) is 203 Å². The number of nitrogens with zero attached hydrogens (tertiary/aromatic N) is 4. The summed E-state index contributed by atoms with van der Waals surface area (Å²) in [6.45, 7) is 6.67. The van der Waals surface area contributed by atoms with Crippen molar-refractivity contribution in [2.45, 2.75) is 88.9 Å². The maximum atomic E-state index is 14.0. The van der Waals surface area contributed by atoms with Gasteiger partial charge < -0.3 is 33.6 Å². The summed E-state index contributed by atoms with van der Waals surface area (Å²) in [5.41, 5.74) is -1.79. The number of rotatable bonds is 7. The first-order valence-electron chi connectivity index (χ1n) is 15.6. The Hall–Kier alpha value is -3.74. The van der Waals surface area contributed by atoms with E-state index in [0.29, 0.717) is 35.5 Å². The van der Waals surface area contributed by atoms with Crippen molar-refractivity contribution < 1.29 is 47.0 Å². The van der Waals surface area contributed by atoms with Gasteiger partial charge in [-0.25, -0.2) is 0 Å². The number of likely N-dealkylation sites (tertiary alicyclic amines) is 2. The van der Waals surface area contributed by atoms with Crippen LogP contribution >= 0.6 is 14.6 Å². The van der Waals surface area contributed by atoms with Crippen LogP contribution < -0.4 is 14.4 Å². The Labute approximate surface area is 277 Å². The van der Waals surface area contributed by atoms with Gasteiger partial charge in [-0.15, -0.1) is 0 Å². The second kappa shape index (κ2) is 12.0. The first kappa shape index (κ1) is 34.1. The van der Waals surface area contributed by atoms with Gasteiger partial charge in [0.1, 0.15) is 34.9 Å². The van der Waals surface area contributed by atoms with Crippen molar-refractivity contribution >= 4 is 26.4 Å². The zero-order valence-corrected chi connectivity index (χ0v) is 28.6. The lowest BCUT2D eigenvalue weighted by Gasteiger charge is -2.50. The van der Waals surface area contributed by atoms with Gasteiger partial charge in [-0.05, 0) is 76.9 Å². The van der Waals surface area contributed by atoms with Gasteiger partial charge in [0.25, 0.3) is 0 Å². The summed E-state index contributed by atoms with van der Waals surface area (Å²) in [7, 11) is -11.7. The fraction of sp³-hybridized carbons (Fsp3) is 0.500. The molecule has 2 saturated heterocycles. The fourth-order valence-corrected chi connectivity index (χ4v) is 9.89. The minimum absolute atomic E-state index is 0.205. The van der Waals surface area contributed by atoms with E-state index in [1.807, 2.05) is 12.1 Å². The summed E-state index contributed by atoms with van der Waals surface area (Å²) < 4.78 is 51.7. The predicted molar refractivity (Wildman–Crippen MR) is 166 cm³/mol. The van der Waals surface area contributed by atoms with Crippen LogP contribution in [0.5, 0.6) is 11.5 Å². The molecule has 48 heavy (non-hydrogen) atoms. The number of ether oxygens (including phenoxy) is 2. The summed E-state index contributed by atoms with van der Waals surface area (Å²) in [5, 5.41) is 19.2. The summed E-state index contributed by atoms with van der Waals surface area (Å²) in [4.78, 5) is 54.3. The molecule has 0 radical (unpaired) electrons. The number of benzene rings is 2. The van der Waals surface area contributed by atoms with Crippen LogP contribution in [0.3, 0.4) is 0 Å². The van der Waals surface area contributed by atoms with Gasteiger partial charge in [-0.3, -0.25) is 23.2 Å². The lowest BCUT2D eigenvalue weighted by molar-refractivity contribution is -0.209. The quantitative estimate of drug-likeness (QED) is 0.404. The van der Waals surface area contributed by atoms with Crippen molar-refractivity contribution in [3.05, 3.63) is 58.7 Å². The molecule has 0 aliphatic carbocycles. The number of nitriles is 2. The van der Waals surface area contributed by atoms with Crippen LogP contribution in [0, 0.1) is 22.7 Å². The number of hydrogen-bond acceptors (Lipinski definition) is 11. The molecule has 16 heteroatoms. The van der Waals surface area contributed by atoms with E-state index in [1.54, 1.807) is 26.0 Å². The van der Waals surface area contributed by atoms with E-state index in [2.05, 4.69) is 0 Å². The smallest absolute Gasteiger partial charge is 0.396 e. The largest absolute Gasteiger partial charge is 0.770 e. The van der Waals surface area contributed by atoms with E-state index in [-0.39, 0.29) is 48.9 Å². The zero-order valence-electron chi connectivity index (χ0n) is 26.8. The van der Waals surface area contributed by atoms with Gasteiger partial charge in [0, 0.05) is 37.1 Å². The van der Waals surface area contributed by atoms with E-state index in [9.17, 15) is 39.0 Å². The second-order valence-corrected chi connectivity index (χ2v) is 18.7. The Bertz CT molecular complexity index is 1730. The first-order valence-corrected chi connectivity index (χ1v) is 19.4. The molecule has 4 heterocycles. The lowest BCUT2D eigenvalue weighted by atomic mass is 9.85. The second-order valence-electron chi connectivity index (χ2n) is 13.4. The first-order chi connectivity index (χ1) is 22.5. The zero-order chi connectivity index (χ0) is 34.8. The highest BCUT2D eigenvalue weighted by molar-refractivity contribution is 8.26. The average molecular weight is 698 g/mol. The summed E-state index contributed by atoms with van der Waals surface area (Å²) in [5.74, 6) is 0.0665. The van der Waals surface area contributed by atoms with Gasteiger partial charge >= 0.3 is 7.28 Å². The van der Waals surface area contributed by atoms with Gasteiger partial charge in [0.2, 0.25) is 19.1 Å².